The van der Waals surface area contributed by atoms with Gasteiger partial charge >= 0.3 is 0 Å². The highest BCUT2D eigenvalue weighted by Crippen LogP contribution is 2.27. The standard InChI is InChI=1S/C18H26N2O3/c1-22-16-8-6-15(14-17(16)23-2)7-9-18(21)19-10-13-20-11-4-3-5-12-20/h6-9,14H,3-5,10-13H2,1-2H3,(H,19,21)/b9-7+. The van der Waals surface area contributed by atoms with Gasteiger partial charge in [-0.1, -0.05) is 12.5 Å². The molecule has 1 fully saturated rings. The SMILES string of the molecule is COc1ccc(/C=C/C(=O)NCCN2CCCCC2)cc1OC. The quantitative estimate of drug-likeness (QED) is 0.784. The van der Waals surface area contributed by atoms with Crippen LogP contribution >= 0.6 is 0 Å². The lowest BCUT2D eigenvalue weighted by molar-refractivity contribution is -0.116. The van der Waals surface area contributed by atoms with Gasteiger partial charge in [0.15, 0.2) is 11.5 Å². The van der Waals surface area contributed by atoms with Crippen LogP contribution in [0.4, 0.5) is 0 Å². The molecule has 5 nitrogen and oxygen atoms in total. The second-order valence-corrected chi connectivity index (χ2v) is 5.64. The van der Waals surface area contributed by atoms with Gasteiger partial charge in [-0.2, -0.15) is 0 Å². The van der Waals surface area contributed by atoms with Gasteiger partial charge in [0.25, 0.3) is 0 Å². The summed E-state index contributed by atoms with van der Waals surface area (Å²) in [4.78, 5) is 14.3. The minimum Gasteiger partial charge on any atom is -0.493 e. The molecule has 1 aliphatic heterocycles. The topological polar surface area (TPSA) is 50.8 Å². The maximum absolute atomic E-state index is 11.9. The number of piperidine rings is 1. The molecule has 1 saturated heterocycles. The van der Waals surface area contributed by atoms with E-state index in [9.17, 15) is 4.79 Å². The molecule has 1 aromatic rings. The molecule has 2 rings (SSSR count). The minimum atomic E-state index is -0.0724. The second-order valence-electron chi connectivity index (χ2n) is 5.64. The van der Waals surface area contributed by atoms with Gasteiger partial charge in [-0.15, -0.1) is 0 Å². The fourth-order valence-electron chi connectivity index (χ4n) is 2.71. The Labute approximate surface area is 138 Å². The molecular formula is C18H26N2O3. The van der Waals surface area contributed by atoms with Crippen molar-refractivity contribution in [2.24, 2.45) is 0 Å². The third-order valence-corrected chi connectivity index (χ3v) is 4.01. The van der Waals surface area contributed by atoms with Crippen molar-refractivity contribution >= 4 is 12.0 Å². The van der Waals surface area contributed by atoms with Gasteiger partial charge in [0.05, 0.1) is 14.2 Å². The summed E-state index contributed by atoms with van der Waals surface area (Å²) in [6, 6.07) is 5.56. The molecule has 0 bridgehead atoms. The first-order valence-electron chi connectivity index (χ1n) is 8.13. The molecule has 0 radical (unpaired) electrons. The summed E-state index contributed by atoms with van der Waals surface area (Å²) in [6.45, 7) is 3.92. The lowest BCUT2D eigenvalue weighted by atomic mass is 10.1. The van der Waals surface area contributed by atoms with E-state index >= 15 is 0 Å². The number of carbonyl (C=O) groups excluding carboxylic acids is 1. The van der Waals surface area contributed by atoms with Crippen LogP contribution in [0.3, 0.4) is 0 Å². The van der Waals surface area contributed by atoms with Gasteiger partial charge in [-0.3, -0.25) is 4.79 Å². The normalized spacial score (nSPS) is 15.6. The van der Waals surface area contributed by atoms with Crippen LogP contribution in [0.2, 0.25) is 0 Å². The molecule has 0 atom stereocenters. The molecule has 1 N–H and O–H groups in total. The summed E-state index contributed by atoms with van der Waals surface area (Å²) in [5, 5.41) is 2.93. The Hall–Kier alpha value is -2.01. The van der Waals surface area contributed by atoms with Crippen LogP contribution in [0.25, 0.3) is 6.08 Å². The number of amides is 1. The van der Waals surface area contributed by atoms with E-state index in [1.165, 1.54) is 19.3 Å². The van der Waals surface area contributed by atoms with Crippen LogP contribution < -0.4 is 14.8 Å². The Kier molecular flexibility index (Phi) is 6.94. The molecule has 0 saturated carbocycles. The van der Waals surface area contributed by atoms with Crippen LogP contribution in [0, 0.1) is 0 Å². The second kappa shape index (κ2) is 9.20. The number of ether oxygens (including phenoxy) is 2. The van der Waals surface area contributed by atoms with Crippen LogP contribution in [0.15, 0.2) is 24.3 Å². The van der Waals surface area contributed by atoms with Gasteiger partial charge in [-0.25, -0.2) is 0 Å². The number of hydrogen-bond donors (Lipinski definition) is 1. The van der Waals surface area contributed by atoms with E-state index in [0.717, 1.165) is 25.2 Å². The largest absolute Gasteiger partial charge is 0.493 e. The molecule has 0 unspecified atom stereocenters. The van der Waals surface area contributed by atoms with Gasteiger partial charge in [0, 0.05) is 19.2 Å². The first-order valence-corrected chi connectivity index (χ1v) is 8.13. The highest BCUT2D eigenvalue weighted by atomic mass is 16.5. The number of nitrogens with one attached hydrogen (secondary N) is 1. The Morgan fingerprint density at radius 1 is 1.17 bits per heavy atom. The molecule has 23 heavy (non-hydrogen) atoms. The molecule has 1 aliphatic rings. The average molecular weight is 318 g/mol. The average Bonchev–Trinajstić information content (AvgIpc) is 2.60. The summed E-state index contributed by atoms with van der Waals surface area (Å²) < 4.78 is 10.4. The zero-order valence-electron chi connectivity index (χ0n) is 14.0. The fraction of sp³-hybridized carbons (Fsp3) is 0.500. The summed E-state index contributed by atoms with van der Waals surface area (Å²) in [5.74, 6) is 1.26. The van der Waals surface area contributed by atoms with Crippen molar-refractivity contribution in [2.75, 3.05) is 40.4 Å². The molecule has 126 valence electrons. The third kappa shape index (κ3) is 5.60. The van der Waals surface area contributed by atoms with Crippen molar-refractivity contribution in [3.8, 4) is 11.5 Å². The van der Waals surface area contributed by atoms with Crippen molar-refractivity contribution in [2.45, 2.75) is 19.3 Å². The first kappa shape index (κ1) is 17.3. The molecule has 0 aliphatic carbocycles. The van der Waals surface area contributed by atoms with Crippen molar-refractivity contribution in [3.05, 3.63) is 29.8 Å². The van der Waals surface area contributed by atoms with Crippen LogP contribution in [0.1, 0.15) is 24.8 Å². The number of carbonyl (C=O) groups is 1. The van der Waals surface area contributed by atoms with E-state index < -0.39 is 0 Å². The van der Waals surface area contributed by atoms with Crippen molar-refractivity contribution in [1.82, 2.24) is 10.2 Å². The van der Waals surface area contributed by atoms with E-state index in [1.807, 2.05) is 18.2 Å². The minimum absolute atomic E-state index is 0.0724. The Morgan fingerprint density at radius 3 is 2.61 bits per heavy atom. The molecule has 5 heteroatoms. The van der Waals surface area contributed by atoms with Gasteiger partial charge in [0.1, 0.15) is 0 Å². The predicted molar refractivity (Wildman–Crippen MR) is 91.9 cm³/mol. The molecule has 0 aromatic heterocycles. The molecule has 1 aromatic carbocycles. The Balaban J connectivity index is 1.78. The number of nitrogens with zero attached hydrogens (tertiary/aromatic N) is 1. The third-order valence-electron chi connectivity index (χ3n) is 4.01. The first-order chi connectivity index (χ1) is 11.2. The highest BCUT2D eigenvalue weighted by Gasteiger charge is 2.09. The van der Waals surface area contributed by atoms with E-state index in [-0.39, 0.29) is 5.91 Å². The summed E-state index contributed by atoms with van der Waals surface area (Å²) in [7, 11) is 3.20. The van der Waals surface area contributed by atoms with E-state index in [2.05, 4.69) is 10.2 Å². The van der Waals surface area contributed by atoms with Crippen molar-refractivity contribution < 1.29 is 14.3 Å². The van der Waals surface area contributed by atoms with E-state index in [0.29, 0.717) is 18.0 Å². The summed E-state index contributed by atoms with van der Waals surface area (Å²) in [5.41, 5.74) is 0.897. The van der Waals surface area contributed by atoms with Gasteiger partial charge < -0.3 is 19.7 Å². The maximum atomic E-state index is 11.9. The summed E-state index contributed by atoms with van der Waals surface area (Å²) in [6.07, 6.45) is 7.20. The van der Waals surface area contributed by atoms with Crippen molar-refractivity contribution in [1.29, 1.82) is 0 Å². The van der Waals surface area contributed by atoms with E-state index in [4.69, 9.17) is 9.47 Å². The van der Waals surface area contributed by atoms with Crippen molar-refractivity contribution in [3.63, 3.8) is 0 Å². The van der Waals surface area contributed by atoms with Gasteiger partial charge in [-0.05, 0) is 49.7 Å². The number of hydrogen-bond acceptors (Lipinski definition) is 4. The van der Waals surface area contributed by atoms with E-state index in [1.54, 1.807) is 26.4 Å². The van der Waals surface area contributed by atoms with Crippen LogP contribution in [-0.2, 0) is 4.79 Å². The predicted octanol–water partition coefficient (Wildman–Crippen LogP) is 2.32. The van der Waals surface area contributed by atoms with Gasteiger partial charge in [0.2, 0.25) is 5.91 Å². The molecule has 0 spiro atoms. The summed E-state index contributed by atoms with van der Waals surface area (Å²) >= 11 is 0. The fourth-order valence-corrected chi connectivity index (χ4v) is 2.71. The smallest absolute Gasteiger partial charge is 0.244 e. The molecular weight excluding hydrogens is 292 g/mol. The Morgan fingerprint density at radius 2 is 1.91 bits per heavy atom. The number of likely N-dealkylation sites (tertiary alicyclic amines) is 1. The zero-order chi connectivity index (χ0) is 16.5. The monoisotopic (exact) mass is 318 g/mol. The maximum Gasteiger partial charge on any atom is 0.244 e. The highest BCUT2D eigenvalue weighted by molar-refractivity contribution is 5.91. The number of rotatable bonds is 7. The number of benzene rings is 1. The van der Waals surface area contributed by atoms with Crippen LogP contribution in [-0.4, -0.2) is 51.2 Å². The molecule has 1 amide bonds. The number of methoxy groups -OCH3 is 2. The van der Waals surface area contributed by atoms with Crippen LogP contribution in [0.5, 0.6) is 11.5 Å². The molecule has 1 heterocycles. The lowest BCUT2D eigenvalue weighted by Gasteiger charge is -2.26. The Bertz CT molecular complexity index is 537. The zero-order valence-corrected chi connectivity index (χ0v) is 14.0. The lowest BCUT2D eigenvalue weighted by Crippen LogP contribution is -2.37.